The molecule has 2 amide bonds. The summed E-state index contributed by atoms with van der Waals surface area (Å²) in [6.45, 7) is 1.11. The maximum absolute atomic E-state index is 13.3. The molecule has 0 bridgehead atoms. The number of amides is 2. The van der Waals surface area contributed by atoms with Gasteiger partial charge in [-0.25, -0.2) is 14.6 Å². The van der Waals surface area contributed by atoms with E-state index in [9.17, 15) is 9.59 Å². The van der Waals surface area contributed by atoms with Gasteiger partial charge in [-0.1, -0.05) is 37.1 Å². The summed E-state index contributed by atoms with van der Waals surface area (Å²) in [5, 5.41) is 3.06. The number of methoxy groups -OCH3 is 1. The number of nitrogens with zero attached hydrogens (tertiary/aromatic N) is 3. The average Bonchev–Trinajstić information content (AvgIpc) is 3.07. The van der Waals surface area contributed by atoms with Crippen molar-refractivity contribution in [3.63, 3.8) is 0 Å². The Morgan fingerprint density at radius 2 is 1.97 bits per heavy atom. The van der Waals surface area contributed by atoms with Gasteiger partial charge in [0, 0.05) is 24.6 Å². The van der Waals surface area contributed by atoms with Crippen molar-refractivity contribution in [1.82, 2.24) is 14.5 Å². The van der Waals surface area contributed by atoms with Gasteiger partial charge in [0.2, 0.25) is 0 Å². The second-order valence-electron chi connectivity index (χ2n) is 7.99. The van der Waals surface area contributed by atoms with Gasteiger partial charge in [0.05, 0.1) is 19.7 Å². The number of aromatic nitrogens is 2. The zero-order valence-electron chi connectivity index (χ0n) is 18.2. The third-order valence-electron chi connectivity index (χ3n) is 5.83. The Bertz CT molecular complexity index is 1110. The molecule has 2 heterocycles. The van der Waals surface area contributed by atoms with Crippen molar-refractivity contribution in [1.29, 1.82) is 0 Å². The van der Waals surface area contributed by atoms with Crippen LogP contribution in [0.2, 0.25) is 0 Å². The Labute approximate surface area is 187 Å². The number of benzene rings is 2. The topological polar surface area (TPSA) is 76.5 Å². The van der Waals surface area contributed by atoms with Crippen molar-refractivity contribution in [2.45, 2.75) is 38.3 Å². The summed E-state index contributed by atoms with van der Waals surface area (Å²) in [4.78, 5) is 30.9. The first-order valence-corrected chi connectivity index (χ1v) is 11.0. The van der Waals surface area contributed by atoms with E-state index < -0.39 is 0 Å². The van der Waals surface area contributed by atoms with Gasteiger partial charge in [0.25, 0.3) is 0 Å². The fraction of sp³-hybridized carbons (Fsp3) is 0.320. The van der Waals surface area contributed by atoms with Crippen molar-refractivity contribution in [2.24, 2.45) is 0 Å². The Morgan fingerprint density at radius 3 is 2.75 bits per heavy atom. The van der Waals surface area contributed by atoms with Crippen molar-refractivity contribution in [3.8, 4) is 5.75 Å². The Kier molecular flexibility index (Phi) is 6.84. The van der Waals surface area contributed by atoms with Gasteiger partial charge in [-0.2, -0.15) is 0 Å². The summed E-state index contributed by atoms with van der Waals surface area (Å²) in [6, 6.07) is 17.2. The van der Waals surface area contributed by atoms with Crippen LogP contribution in [0.15, 0.2) is 71.8 Å². The molecule has 0 saturated carbocycles. The van der Waals surface area contributed by atoms with Crippen molar-refractivity contribution in [3.05, 3.63) is 88.6 Å². The molecule has 32 heavy (non-hydrogen) atoms. The van der Waals surface area contributed by atoms with Gasteiger partial charge in [-0.3, -0.25) is 4.57 Å². The molecule has 1 unspecified atom stereocenters. The highest BCUT2D eigenvalue weighted by Crippen LogP contribution is 2.31. The van der Waals surface area contributed by atoms with Crippen LogP contribution in [0.3, 0.4) is 0 Å². The highest BCUT2D eigenvalue weighted by molar-refractivity contribution is 5.89. The third kappa shape index (κ3) is 5.17. The number of hydrogen-bond donors (Lipinski definition) is 1. The van der Waals surface area contributed by atoms with Crippen LogP contribution in [0.4, 0.5) is 10.5 Å². The molecule has 1 aliphatic rings. The summed E-state index contributed by atoms with van der Waals surface area (Å²) in [6.07, 6.45) is 7.32. The molecule has 1 fully saturated rings. The molecule has 3 aromatic rings. The first-order valence-electron chi connectivity index (χ1n) is 11.0. The molecule has 166 valence electrons. The van der Waals surface area contributed by atoms with Crippen LogP contribution >= 0.6 is 0 Å². The highest BCUT2D eigenvalue weighted by Gasteiger charge is 2.27. The maximum Gasteiger partial charge on any atom is 0.347 e. The van der Waals surface area contributed by atoms with Crippen molar-refractivity contribution >= 4 is 11.7 Å². The minimum absolute atomic E-state index is 0.0283. The number of anilines is 1. The van der Waals surface area contributed by atoms with Gasteiger partial charge >= 0.3 is 11.7 Å². The van der Waals surface area contributed by atoms with Crippen molar-refractivity contribution in [2.75, 3.05) is 19.0 Å². The monoisotopic (exact) mass is 432 g/mol. The lowest BCUT2D eigenvalue weighted by Crippen LogP contribution is -2.38. The Morgan fingerprint density at radius 1 is 1.12 bits per heavy atom. The van der Waals surface area contributed by atoms with Crippen LogP contribution in [0.5, 0.6) is 5.75 Å². The third-order valence-corrected chi connectivity index (χ3v) is 5.83. The van der Waals surface area contributed by atoms with E-state index in [1.54, 1.807) is 19.4 Å². The van der Waals surface area contributed by atoms with E-state index in [4.69, 9.17) is 4.74 Å². The van der Waals surface area contributed by atoms with E-state index >= 15 is 0 Å². The lowest BCUT2D eigenvalue weighted by Gasteiger charge is -2.30. The predicted molar refractivity (Wildman–Crippen MR) is 124 cm³/mol. The van der Waals surface area contributed by atoms with Crippen LogP contribution in [-0.2, 0) is 6.54 Å². The molecule has 4 rings (SSSR count). The number of hydrogen-bond acceptors (Lipinski definition) is 4. The number of carbonyl (C=O) groups is 1. The smallest absolute Gasteiger partial charge is 0.347 e. The molecule has 0 aliphatic carbocycles. The fourth-order valence-electron chi connectivity index (χ4n) is 4.17. The molecular formula is C25H28N4O3. The number of carbonyl (C=O) groups excluding carboxylic acids is 1. The lowest BCUT2D eigenvalue weighted by atomic mass is 10.0. The zero-order valence-corrected chi connectivity index (χ0v) is 18.2. The standard InChI is InChI=1S/C25H28N4O3/c1-32-22-12-10-20(11-13-22)23-9-3-2-4-16-29(23)25(31)27-21-8-5-7-19(17-21)18-28-15-6-14-26-24(28)30/h5-8,10-15,17,23H,2-4,9,16,18H2,1H3,(H,27,31). The van der Waals surface area contributed by atoms with E-state index in [2.05, 4.69) is 10.3 Å². The van der Waals surface area contributed by atoms with E-state index in [0.717, 1.165) is 42.6 Å². The lowest BCUT2D eigenvalue weighted by molar-refractivity contribution is 0.189. The minimum atomic E-state index is -0.297. The minimum Gasteiger partial charge on any atom is -0.497 e. The van der Waals surface area contributed by atoms with Crippen LogP contribution in [0, 0.1) is 0 Å². The molecule has 7 heteroatoms. The molecule has 0 spiro atoms. The van der Waals surface area contributed by atoms with Crippen LogP contribution in [0.1, 0.15) is 42.9 Å². The summed E-state index contributed by atoms with van der Waals surface area (Å²) in [5.41, 5.74) is 2.45. The predicted octanol–water partition coefficient (Wildman–Crippen LogP) is 4.45. The number of rotatable bonds is 5. The van der Waals surface area contributed by atoms with Crippen molar-refractivity contribution < 1.29 is 9.53 Å². The van der Waals surface area contributed by atoms with Gasteiger partial charge in [0.15, 0.2) is 0 Å². The summed E-state index contributed by atoms with van der Waals surface area (Å²) >= 11 is 0. The maximum atomic E-state index is 13.3. The highest BCUT2D eigenvalue weighted by atomic mass is 16.5. The molecule has 1 aromatic heterocycles. The summed E-state index contributed by atoms with van der Waals surface area (Å²) in [5.74, 6) is 0.808. The summed E-state index contributed by atoms with van der Waals surface area (Å²) in [7, 11) is 1.65. The van der Waals surface area contributed by atoms with E-state index in [1.807, 2.05) is 53.4 Å². The first kappa shape index (κ1) is 21.6. The van der Waals surface area contributed by atoms with E-state index in [-0.39, 0.29) is 17.8 Å². The SMILES string of the molecule is COc1ccc(C2CCCCCN2C(=O)Nc2cccc(Cn3cccnc3=O)c2)cc1. The van der Waals surface area contributed by atoms with Gasteiger partial charge in [-0.15, -0.1) is 0 Å². The number of likely N-dealkylation sites (tertiary alicyclic amines) is 1. The second kappa shape index (κ2) is 10.1. The number of urea groups is 1. The Hall–Kier alpha value is -3.61. The van der Waals surface area contributed by atoms with Crippen LogP contribution in [-0.4, -0.2) is 34.1 Å². The van der Waals surface area contributed by atoms with Gasteiger partial charge in [0.1, 0.15) is 5.75 Å². The molecule has 1 saturated heterocycles. The van der Waals surface area contributed by atoms with Crippen LogP contribution < -0.4 is 15.7 Å². The molecule has 2 aromatic carbocycles. The average molecular weight is 433 g/mol. The molecular weight excluding hydrogens is 404 g/mol. The summed E-state index contributed by atoms with van der Waals surface area (Å²) < 4.78 is 6.81. The molecule has 0 radical (unpaired) electrons. The molecule has 1 aliphatic heterocycles. The Balaban J connectivity index is 1.51. The van der Waals surface area contributed by atoms with Crippen LogP contribution in [0.25, 0.3) is 0 Å². The fourth-order valence-corrected chi connectivity index (χ4v) is 4.17. The van der Waals surface area contributed by atoms with E-state index in [1.165, 1.54) is 10.8 Å². The normalized spacial score (nSPS) is 16.3. The molecule has 1 N–H and O–H groups in total. The second-order valence-corrected chi connectivity index (χ2v) is 7.99. The zero-order chi connectivity index (χ0) is 22.3. The molecule has 1 atom stereocenters. The number of ether oxygens (including phenoxy) is 1. The largest absolute Gasteiger partial charge is 0.497 e. The first-order chi connectivity index (χ1) is 15.6. The van der Waals surface area contributed by atoms with Gasteiger partial charge in [-0.05, 0) is 54.3 Å². The quantitative estimate of drug-likeness (QED) is 0.646. The van der Waals surface area contributed by atoms with E-state index in [0.29, 0.717) is 18.8 Å². The molecule has 7 nitrogen and oxygen atoms in total. The number of nitrogens with one attached hydrogen (secondary N) is 1. The van der Waals surface area contributed by atoms with Gasteiger partial charge < -0.3 is 15.0 Å².